The molecule has 0 bridgehead atoms. The highest BCUT2D eigenvalue weighted by Crippen LogP contribution is 2.12. The predicted octanol–water partition coefficient (Wildman–Crippen LogP) is 0.0819. The third-order valence-electron chi connectivity index (χ3n) is 2.97. The van der Waals surface area contributed by atoms with Crippen molar-refractivity contribution in [3.8, 4) is 0 Å². The van der Waals surface area contributed by atoms with E-state index in [1.54, 1.807) is 32.0 Å². The molecule has 1 unspecified atom stereocenters. The highest BCUT2D eigenvalue weighted by Gasteiger charge is 2.29. The van der Waals surface area contributed by atoms with Crippen molar-refractivity contribution in [3.63, 3.8) is 0 Å². The van der Waals surface area contributed by atoms with E-state index in [0.29, 0.717) is 0 Å². The Morgan fingerprint density at radius 2 is 1.71 bits per heavy atom. The summed E-state index contributed by atoms with van der Waals surface area (Å²) in [7, 11) is -7.24. The van der Waals surface area contributed by atoms with Gasteiger partial charge in [-0.25, -0.2) is 21.6 Å². The third kappa shape index (κ3) is 6.95. The summed E-state index contributed by atoms with van der Waals surface area (Å²) < 4.78 is 55.9. The molecule has 0 heterocycles. The van der Waals surface area contributed by atoms with Crippen LogP contribution >= 0.6 is 0 Å². The molecule has 136 valence electrons. The number of carbonyl (C=O) groups excluding carboxylic acids is 1. The molecule has 2 N–H and O–H groups in total. The first-order valence-corrected chi connectivity index (χ1v) is 10.6. The van der Waals surface area contributed by atoms with Crippen LogP contribution in [-0.2, 0) is 29.6 Å². The van der Waals surface area contributed by atoms with E-state index in [1.165, 1.54) is 12.1 Å². The molecule has 0 spiro atoms. The fraction of sp³-hybridized carbons (Fsp3) is 0.500. The lowest BCUT2D eigenvalue weighted by atomic mass is 10.1. The number of esters is 1. The first kappa shape index (κ1) is 20.6. The summed E-state index contributed by atoms with van der Waals surface area (Å²) in [6.07, 6.45) is 0.986. The van der Waals surface area contributed by atoms with Gasteiger partial charge < -0.3 is 4.74 Å². The standard InChI is InChI=1S/C14H22N2O6S2/c1-11(2)13(14(17)22-10-9-15-23(3,18)19)16-24(20,21)12-7-5-4-6-8-12/h4-8,11,13,15-16H,9-10H2,1-3H3. The van der Waals surface area contributed by atoms with Gasteiger partial charge in [-0.2, -0.15) is 4.72 Å². The number of rotatable bonds is 9. The Morgan fingerprint density at radius 3 is 2.21 bits per heavy atom. The predicted molar refractivity (Wildman–Crippen MR) is 89.2 cm³/mol. The van der Waals surface area contributed by atoms with Crippen LogP contribution in [0.1, 0.15) is 13.8 Å². The maximum Gasteiger partial charge on any atom is 0.324 e. The second-order valence-corrected chi connectivity index (χ2v) is 9.04. The van der Waals surface area contributed by atoms with Gasteiger partial charge in [-0.3, -0.25) is 4.79 Å². The lowest BCUT2D eigenvalue weighted by molar-refractivity contribution is -0.146. The first-order valence-electron chi connectivity index (χ1n) is 7.21. The monoisotopic (exact) mass is 378 g/mol. The molecule has 10 heteroatoms. The van der Waals surface area contributed by atoms with E-state index < -0.39 is 32.1 Å². The maximum absolute atomic E-state index is 12.3. The lowest BCUT2D eigenvalue weighted by Gasteiger charge is -2.20. The molecule has 8 nitrogen and oxygen atoms in total. The number of benzene rings is 1. The number of carbonyl (C=O) groups is 1. The van der Waals surface area contributed by atoms with Crippen molar-refractivity contribution < 1.29 is 26.4 Å². The molecular formula is C14H22N2O6S2. The van der Waals surface area contributed by atoms with Crippen LogP contribution < -0.4 is 9.44 Å². The van der Waals surface area contributed by atoms with E-state index in [9.17, 15) is 21.6 Å². The minimum atomic E-state index is -3.87. The summed E-state index contributed by atoms with van der Waals surface area (Å²) >= 11 is 0. The summed E-state index contributed by atoms with van der Waals surface area (Å²) in [6, 6.07) is 6.60. The summed E-state index contributed by atoms with van der Waals surface area (Å²) in [5, 5.41) is 0. The van der Waals surface area contributed by atoms with Gasteiger partial charge in [0.05, 0.1) is 11.2 Å². The van der Waals surface area contributed by atoms with Crippen molar-refractivity contribution >= 4 is 26.0 Å². The Morgan fingerprint density at radius 1 is 1.12 bits per heavy atom. The molecule has 0 saturated heterocycles. The van der Waals surface area contributed by atoms with Gasteiger partial charge in [-0.05, 0) is 18.1 Å². The average Bonchev–Trinajstić information content (AvgIpc) is 2.49. The van der Waals surface area contributed by atoms with Crippen molar-refractivity contribution in [2.45, 2.75) is 24.8 Å². The van der Waals surface area contributed by atoms with Gasteiger partial charge in [0.2, 0.25) is 20.0 Å². The molecule has 0 radical (unpaired) electrons. The molecule has 1 atom stereocenters. The van der Waals surface area contributed by atoms with Crippen LogP contribution in [-0.4, -0.2) is 48.3 Å². The zero-order valence-electron chi connectivity index (χ0n) is 13.7. The largest absolute Gasteiger partial charge is 0.463 e. The minimum Gasteiger partial charge on any atom is -0.463 e. The summed E-state index contributed by atoms with van der Waals surface area (Å²) in [6.45, 7) is 3.07. The molecule has 0 aliphatic carbocycles. The normalized spacial score (nSPS) is 13.7. The van der Waals surface area contributed by atoms with E-state index >= 15 is 0 Å². The first-order chi connectivity index (χ1) is 11.0. The average molecular weight is 378 g/mol. The van der Waals surface area contributed by atoms with Gasteiger partial charge in [-0.1, -0.05) is 32.0 Å². The molecular weight excluding hydrogens is 356 g/mol. The van der Waals surface area contributed by atoms with Crippen LogP contribution in [0.2, 0.25) is 0 Å². The molecule has 0 fully saturated rings. The topological polar surface area (TPSA) is 119 Å². The van der Waals surface area contributed by atoms with E-state index in [4.69, 9.17) is 4.74 Å². The Bertz CT molecular complexity index is 745. The van der Waals surface area contributed by atoms with Gasteiger partial charge in [0.1, 0.15) is 12.6 Å². The summed E-state index contributed by atoms with van der Waals surface area (Å²) in [5.41, 5.74) is 0. The van der Waals surface area contributed by atoms with Gasteiger partial charge in [-0.15, -0.1) is 0 Å². The van der Waals surface area contributed by atoms with Crippen molar-refractivity contribution in [1.82, 2.24) is 9.44 Å². The van der Waals surface area contributed by atoms with Crippen LogP contribution in [0.3, 0.4) is 0 Å². The highest BCUT2D eigenvalue weighted by molar-refractivity contribution is 7.89. The van der Waals surface area contributed by atoms with Crippen molar-refractivity contribution in [2.24, 2.45) is 5.92 Å². The zero-order valence-corrected chi connectivity index (χ0v) is 15.4. The van der Waals surface area contributed by atoms with Crippen molar-refractivity contribution in [2.75, 3.05) is 19.4 Å². The second kappa shape index (κ2) is 8.56. The molecule has 0 saturated carbocycles. The number of sulfonamides is 2. The quantitative estimate of drug-likeness (QED) is 0.464. The van der Waals surface area contributed by atoms with Crippen LogP contribution in [0.15, 0.2) is 35.2 Å². The Hall–Kier alpha value is -1.49. The molecule has 1 aromatic carbocycles. The van der Waals surface area contributed by atoms with Crippen molar-refractivity contribution in [3.05, 3.63) is 30.3 Å². The molecule has 0 amide bonds. The lowest BCUT2D eigenvalue weighted by Crippen LogP contribution is -2.45. The minimum absolute atomic E-state index is 0.0437. The second-order valence-electron chi connectivity index (χ2n) is 5.49. The van der Waals surface area contributed by atoms with Gasteiger partial charge in [0.25, 0.3) is 0 Å². The van der Waals surface area contributed by atoms with Gasteiger partial charge >= 0.3 is 5.97 Å². The SMILES string of the molecule is CC(C)C(NS(=O)(=O)c1ccccc1)C(=O)OCCNS(C)(=O)=O. The van der Waals surface area contributed by atoms with Gasteiger partial charge in [0, 0.05) is 6.54 Å². The highest BCUT2D eigenvalue weighted by atomic mass is 32.2. The van der Waals surface area contributed by atoms with Crippen LogP contribution in [0, 0.1) is 5.92 Å². The molecule has 0 aliphatic heterocycles. The smallest absolute Gasteiger partial charge is 0.324 e. The van der Waals surface area contributed by atoms with Gasteiger partial charge in [0.15, 0.2) is 0 Å². The number of ether oxygens (including phenoxy) is 1. The van der Waals surface area contributed by atoms with E-state index in [-0.39, 0.29) is 24.0 Å². The fourth-order valence-electron chi connectivity index (χ4n) is 1.76. The Labute approximate surface area is 142 Å². The molecule has 0 aliphatic rings. The van der Waals surface area contributed by atoms with E-state index in [0.717, 1.165) is 6.26 Å². The number of nitrogens with one attached hydrogen (secondary N) is 2. The van der Waals surface area contributed by atoms with Crippen LogP contribution in [0.5, 0.6) is 0 Å². The molecule has 0 aromatic heterocycles. The third-order valence-corrected chi connectivity index (χ3v) is 5.15. The zero-order chi connectivity index (χ0) is 18.4. The number of hydrogen-bond donors (Lipinski definition) is 2. The van der Waals surface area contributed by atoms with Crippen LogP contribution in [0.25, 0.3) is 0 Å². The number of hydrogen-bond acceptors (Lipinski definition) is 6. The summed E-state index contributed by atoms with van der Waals surface area (Å²) in [4.78, 5) is 12.1. The molecule has 1 aromatic rings. The van der Waals surface area contributed by atoms with Crippen LogP contribution in [0.4, 0.5) is 0 Å². The van der Waals surface area contributed by atoms with E-state index in [1.807, 2.05) is 0 Å². The maximum atomic E-state index is 12.3. The molecule has 1 rings (SSSR count). The van der Waals surface area contributed by atoms with Crippen molar-refractivity contribution in [1.29, 1.82) is 0 Å². The Kier molecular flexibility index (Phi) is 7.33. The fourth-order valence-corrected chi connectivity index (χ4v) is 3.57. The Balaban J connectivity index is 2.71. The summed E-state index contributed by atoms with van der Waals surface area (Å²) in [5.74, 6) is -1.11. The van der Waals surface area contributed by atoms with E-state index in [2.05, 4.69) is 9.44 Å². The molecule has 24 heavy (non-hydrogen) atoms.